The first-order valence-corrected chi connectivity index (χ1v) is 15.4. The van der Waals surface area contributed by atoms with Gasteiger partial charge >= 0.3 is 0 Å². The number of nitrogens with zero attached hydrogens (tertiary/aromatic N) is 5. The van der Waals surface area contributed by atoms with Gasteiger partial charge in [-0.25, -0.2) is 0 Å². The molecule has 3 aromatic carbocycles. The number of ether oxygens (including phenoxy) is 1. The van der Waals surface area contributed by atoms with Crippen LogP contribution in [0.3, 0.4) is 0 Å². The fourth-order valence-electron chi connectivity index (χ4n) is 5.82. The molecule has 1 N–H and O–H groups in total. The number of rotatable bonds is 9. The van der Waals surface area contributed by atoms with Crippen molar-refractivity contribution in [2.75, 3.05) is 12.0 Å². The number of aryl methyl sites for hydroxylation is 1. The average molecular weight is 653 g/mol. The van der Waals surface area contributed by atoms with Crippen LogP contribution in [0, 0.1) is 34.1 Å². The van der Waals surface area contributed by atoms with Crippen LogP contribution < -0.4 is 15.0 Å². The summed E-state index contributed by atoms with van der Waals surface area (Å²) >= 11 is 7.44. The van der Waals surface area contributed by atoms with Crippen LogP contribution in [0.2, 0.25) is 0 Å². The van der Waals surface area contributed by atoms with Gasteiger partial charge in [0.2, 0.25) is 0 Å². The van der Waals surface area contributed by atoms with Crippen LogP contribution in [-0.4, -0.2) is 31.6 Å². The zero-order valence-corrected chi connectivity index (χ0v) is 26.6. The molecule has 6 rings (SSSR count). The first kappa shape index (κ1) is 30.7. The van der Waals surface area contributed by atoms with Crippen molar-refractivity contribution in [3.8, 4) is 11.4 Å². The number of aromatic nitrogens is 2. The van der Waals surface area contributed by atoms with E-state index in [9.17, 15) is 20.2 Å². The van der Waals surface area contributed by atoms with Crippen molar-refractivity contribution in [2.45, 2.75) is 35.7 Å². The summed E-state index contributed by atoms with van der Waals surface area (Å²) in [6, 6.07) is 26.2. The molecule has 3 heterocycles. The van der Waals surface area contributed by atoms with Crippen LogP contribution in [0.25, 0.3) is 5.69 Å². The van der Waals surface area contributed by atoms with E-state index in [2.05, 4.69) is 21.3 Å². The SMILES string of the molecule is COc1ccc([N+](=O)[O-])cc1-n1c(C)cc([C@H]2[C@@H](c3ccccn3)NC(=S)N2c2ccc(Sc3ccc([N+](=O)[O-])cc3)cc2)c1C. The summed E-state index contributed by atoms with van der Waals surface area (Å²) in [5.41, 5.74) is 4.99. The van der Waals surface area contributed by atoms with Crippen molar-refractivity contribution in [1.82, 2.24) is 14.9 Å². The summed E-state index contributed by atoms with van der Waals surface area (Å²) in [6.07, 6.45) is 1.75. The Kier molecular flexibility index (Phi) is 8.43. The lowest BCUT2D eigenvalue weighted by Crippen LogP contribution is -2.29. The molecule has 46 heavy (non-hydrogen) atoms. The molecular formula is C33H28N6O5S2. The minimum atomic E-state index is -0.417. The van der Waals surface area contributed by atoms with E-state index in [1.807, 2.05) is 60.9 Å². The lowest BCUT2D eigenvalue weighted by atomic mass is 9.96. The van der Waals surface area contributed by atoms with E-state index in [0.29, 0.717) is 16.5 Å². The monoisotopic (exact) mass is 652 g/mol. The maximum atomic E-state index is 11.7. The maximum Gasteiger partial charge on any atom is 0.271 e. The highest BCUT2D eigenvalue weighted by atomic mass is 32.2. The van der Waals surface area contributed by atoms with Crippen molar-refractivity contribution in [3.05, 3.63) is 140 Å². The molecular weight excluding hydrogens is 625 g/mol. The molecule has 2 atom stereocenters. The largest absolute Gasteiger partial charge is 0.495 e. The number of methoxy groups -OCH3 is 1. The predicted octanol–water partition coefficient (Wildman–Crippen LogP) is 7.64. The van der Waals surface area contributed by atoms with Crippen LogP contribution in [0.4, 0.5) is 17.1 Å². The molecule has 11 nitrogen and oxygen atoms in total. The molecule has 0 bridgehead atoms. The Morgan fingerprint density at radius 1 is 0.891 bits per heavy atom. The zero-order valence-electron chi connectivity index (χ0n) is 25.0. The van der Waals surface area contributed by atoms with Gasteiger partial charge in [-0.15, -0.1) is 0 Å². The molecule has 5 aromatic rings. The highest BCUT2D eigenvalue weighted by molar-refractivity contribution is 7.99. The fourth-order valence-corrected chi connectivity index (χ4v) is 6.98. The van der Waals surface area contributed by atoms with E-state index in [1.54, 1.807) is 31.5 Å². The summed E-state index contributed by atoms with van der Waals surface area (Å²) in [5, 5.41) is 26.7. The van der Waals surface area contributed by atoms with Gasteiger partial charge in [-0.1, -0.05) is 17.8 Å². The Hall–Kier alpha value is -5.27. The minimum Gasteiger partial charge on any atom is -0.495 e. The van der Waals surface area contributed by atoms with Crippen LogP contribution in [0.1, 0.15) is 34.7 Å². The second-order valence-corrected chi connectivity index (χ2v) is 12.2. The third-order valence-corrected chi connectivity index (χ3v) is 9.23. The van der Waals surface area contributed by atoms with Crippen LogP contribution in [0.5, 0.6) is 5.75 Å². The van der Waals surface area contributed by atoms with E-state index in [-0.39, 0.29) is 23.5 Å². The van der Waals surface area contributed by atoms with Crippen molar-refractivity contribution >= 4 is 46.2 Å². The van der Waals surface area contributed by atoms with E-state index >= 15 is 0 Å². The van der Waals surface area contributed by atoms with Crippen LogP contribution >= 0.6 is 24.0 Å². The smallest absolute Gasteiger partial charge is 0.271 e. The van der Waals surface area contributed by atoms with Crippen molar-refractivity contribution in [1.29, 1.82) is 0 Å². The number of thiocarbonyl (C=S) groups is 1. The molecule has 1 aliphatic heterocycles. The molecule has 0 amide bonds. The summed E-state index contributed by atoms with van der Waals surface area (Å²) in [7, 11) is 1.54. The summed E-state index contributed by atoms with van der Waals surface area (Å²) < 4.78 is 7.59. The highest BCUT2D eigenvalue weighted by Gasteiger charge is 2.42. The molecule has 0 spiro atoms. The molecule has 2 aromatic heterocycles. The molecule has 1 aliphatic rings. The third-order valence-electron chi connectivity index (χ3n) is 7.90. The molecule has 1 saturated heterocycles. The van der Waals surface area contributed by atoms with Crippen molar-refractivity contribution < 1.29 is 14.6 Å². The second kappa shape index (κ2) is 12.6. The second-order valence-electron chi connectivity index (χ2n) is 10.6. The van der Waals surface area contributed by atoms with Gasteiger partial charge in [0, 0.05) is 57.3 Å². The number of nitrogens with one attached hydrogen (secondary N) is 1. The molecule has 0 radical (unpaired) electrons. The number of nitro benzene ring substituents is 2. The fraction of sp³-hybridized carbons (Fsp3) is 0.152. The Morgan fingerprint density at radius 2 is 1.54 bits per heavy atom. The minimum absolute atomic E-state index is 0.0340. The Bertz CT molecular complexity index is 1950. The molecule has 0 unspecified atom stereocenters. The first-order valence-electron chi connectivity index (χ1n) is 14.2. The van der Waals surface area contributed by atoms with E-state index in [1.165, 1.54) is 36.0 Å². The van der Waals surface area contributed by atoms with Crippen molar-refractivity contribution in [3.63, 3.8) is 0 Å². The number of benzene rings is 3. The molecule has 1 fully saturated rings. The Labute approximate surface area is 274 Å². The van der Waals surface area contributed by atoms with Crippen molar-refractivity contribution in [2.24, 2.45) is 0 Å². The number of hydrogen-bond donors (Lipinski definition) is 1. The van der Waals surface area contributed by atoms with Gasteiger partial charge < -0.3 is 19.5 Å². The van der Waals surface area contributed by atoms with Gasteiger partial charge in [-0.3, -0.25) is 25.2 Å². The van der Waals surface area contributed by atoms with E-state index < -0.39 is 9.85 Å². The van der Waals surface area contributed by atoms with Gasteiger partial charge in [0.05, 0.1) is 40.4 Å². The van der Waals surface area contributed by atoms with E-state index in [0.717, 1.165) is 38.1 Å². The number of hydrogen-bond acceptors (Lipinski definition) is 8. The van der Waals surface area contributed by atoms with Gasteiger partial charge in [0.25, 0.3) is 11.4 Å². The molecule has 232 valence electrons. The predicted molar refractivity (Wildman–Crippen MR) is 180 cm³/mol. The third kappa shape index (κ3) is 5.77. The average Bonchev–Trinajstić information content (AvgIpc) is 3.55. The van der Waals surface area contributed by atoms with Crippen LogP contribution in [0.15, 0.2) is 107 Å². The lowest BCUT2D eigenvalue weighted by molar-refractivity contribution is -0.385. The van der Waals surface area contributed by atoms with E-state index in [4.69, 9.17) is 17.0 Å². The topological polar surface area (TPSA) is 129 Å². The lowest BCUT2D eigenvalue weighted by Gasteiger charge is -2.28. The molecule has 0 aliphatic carbocycles. The first-order chi connectivity index (χ1) is 22.2. The quantitative estimate of drug-likeness (QED) is 0.0963. The number of anilines is 1. The Balaban J connectivity index is 1.41. The standard InChI is InChI=1S/C33H28N6O5S2/c1-20-18-27(21(2)36(20)29-19-24(39(42)43)11-16-30(29)44-3)32-31(28-6-4-5-17-34-28)35-33(45)37(32)22-7-12-25(13-8-22)46-26-14-9-23(10-15-26)38(40)41/h4-19,31-32H,1-3H3,(H,35,45)/t31-,32+/m1/s1. The number of nitro groups is 2. The van der Waals surface area contributed by atoms with Gasteiger partial charge in [-0.05, 0) is 92.3 Å². The van der Waals surface area contributed by atoms with Gasteiger partial charge in [0.15, 0.2) is 5.11 Å². The summed E-state index contributed by atoms with van der Waals surface area (Å²) in [5.74, 6) is 0.512. The summed E-state index contributed by atoms with van der Waals surface area (Å²) in [4.78, 5) is 30.4. The zero-order chi connectivity index (χ0) is 32.5. The van der Waals surface area contributed by atoms with Gasteiger partial charge in [0.1, 0.15) is 5.75 Å². The summed E-state index contributed by atoms with van der Waals surface area (Å²) in [6.45, 7) is 3.94. The Morgan fingerprint density at radius 3 is 2.15 bits per heavy atom. The highest BCUT2D eigenvalue weighted by Crippen LogP contribution is 2.45. The molecule has 0 saturated carbocycles. The number of non-ortho nitro benzene ring substituents is 2. The van der Waals surface area contributed by atoms with Crippen LogP contribution in [-0.2, 0) is 0 Å². The normalized spacial score (nSPS) is 15.9. The number of pyridine rings is 1. The maximum absolute atomic E-state index is 11.7. The van der Waals surface area contributed by atoms with Gasteiger partial charge in [-0.2, -0.15) is 0 Å². The molecule has 13 heteroatoms.